The first-order valence-electron chi connectivity index (χ1n) is 5.27. The molecular formula is C13H11N3O2. The SMILES string of the molecule is COC(=N)c1onc(C#N)c1-c1ccc(C)cc1. The summed E-state index contributed by atoms with van der Waals surface area (Å²) in [7, 11) is 1.37. The average molecular weight is 241 g/mol. The predicted octanol–water partition coefficient (Wildman–Crippen LogP) is 2.49. The zero-order valence-corrected chi connectivity index (χ0v) is 10.0. The number of benzene rings is 1. The van der Waals surface area contributed by atoms with E-state index < -0.39 is 0 Å². The first kappa shape index (κ1) is 11.9. The molecule has 2 rings (SSSR count). The molecule has 0 saturated heterocycles. The van der Waals surface area contributed by atoms with E-state index in [0.29, 0.717) is 5.56 Å². The molecule has 5 heteroatoms. The van der Waals surface area contributed by atoms with E-state index in [1.54, 1.807) is 0 Å². The van der Waals surface area contributed by atoms with Crippen LogP contribution in [0.25, 0.3) is 11.1 Å². The minimum atomic E-state index is -0.153. The minimum absolute atomic E-state index is 0.149. The van der Waals surface area contributed by atoms with Gasteiger partial charge in [-0.05, 0) is 12.5 Å². The Balaban J connectivity index is 2.61. The molecule has 1 aromatic heterocycles. The second kappa shape index (κ2) is 4.72. The summed E-state index contributed by atoms with van der Waals surface area (Å²) in [4.78, 5) is 0. The molecule has 0 spiro atoms. The third kappa shape index (κ3) is 1.96. The molecule has 0 aliphatic carbocycles. The molecular weight excluding hydrogens is 230 g/mol. The molecule has 0 aliphatic rings. The Morgan fingerprint density at radius 2 is 2.06 bits per heavy atom. The molecule has 0 amide bonds. The molecule has 2 aromatic rings. The lowest BCUT2D eigenvalue weighted by molar-refractivity contribution is 0.356. The maximum absolute atomic E-state index is 9.02. The summed E-state index contributed by atoms with van der Waals surface area (Å²) in [5.41, 5.74) is 2.52. The predicted molar refractivity (Wildman–Crippen MR) is 65.2 cm³/mol. The van der Waals surface area contributed by atoms with Crippen molar-refractivity contribution < 1.29 is 9.26 Å². The van der Waals surface area contributed by atoms with Crippen molar-refractivity contribution in [2.75, 3.05) is 7.11 Å². The number of aryl methyl sites for hydroxylation is 1. The van der Waals surface area contributed by atoms with Crippen molar-refractivity contribution in [3.8, 4) is 17.2 Å². The first-order valence-corrected chi connectivity index (χ1v) is 5.27. The van der Waals surface area contributed by atoms with Crippen LogP contribution >= 0.6 is 0 Å². The van der Waals surface area contributed by atoms with Gasteiger partial charge in [0.05, 0.1) is 12.7 Å². The van der Waals surface area contributed by atoms with Gasteiger partial charge in [-0.15, -0.1) is 0 Å². The Kier molecular flexibility index (Phi) is 3.11. The fraction of sp³-hybridized carbons (Fsp3) is 0.154. The molecule has 1 heterocycles. The highest BCUT2D eigenvalue weighted by Crippen LogP contribution is 2.28. The standard InChI is InChI=1S/C13H11N3O2/c1-8-3-5-9(6-4-8)11-10(7-14)16-18-12(11)13(15)17-2/h3-6,15H,1-2H3. The van der Waals surface area contributed by atoms with Gasteiger partial charge in [0.25, 0.3) is 5.90 Å². The number of methoxy groups -OCH3 is 1. The van der Waals surface area contributed by atoms with Gasteiger partial charge >= 0.3 is 0 Å². The van der Waals surface area contributed by atoms with E-state index in [1.165, 1.54) is 7.11 Å². The van der Waals surface area contributed by atoms with E-state index in [4.69, 9.17) is 19.9 Å². The zero-order chi connectivity index (χ0) is 13.1. The van der Waals surface area contributed by atoms with Crippen LogP contribution in [0.5, 0.6) is 0 Å². The summed E-state index contributed by atoms with van der Waals surface area (Å²) >= 11 is 0. The lowest BCUT2D eigenvalue weighted by Gasteiger charge is -2.02. The summed E-state index contributed by atoms with van der Waals surface area (Å²) in [5, 5.41) is 20.3. The van der Waals surface area contributed by atoms with E-state index in [9.17, 15) is 0 Å². The van der Waals surface area contributed by atoms with Gasteiger partial charge in [-0.1, -0.05) is 35.0 Å². The quantitative estimate of drug-likeness (QED) is 0.646. The van der Waals surface area contributed by atoms with Gasteiger partial charge in [-0.2, -0.15) is 5.26 Å². The molecule has 0 aliphatic heterocycles. The first-order chi connectivity index (χ1) is 8.67. The average Bonchev–Trinajstić information content (AvgIpc) is 2.82. The molecule has 0 saturated carbocycles. The van der Waals surface area contributed by atoms with Crippen LogP contribution in [0.15, 0.2) is 28.8 Å². The number of nitrogens with zero attached hydrogens (tertiary/aromatic N) is 2. The summed E-state index contributed by atoms with van der Waals surface area (Å²) in [6.45, 7) is 1.97. The molecule has 0 unspecified atom stereocenters. The molecule has 0 bridgehead atoms. The number of aromatic nitrogens is 1. The van der Waals surface area contributed by atoms with Gasteiger partial charge in [0, 0.05) is 0 Å². The number of rotatable bonds is 2. The minimum Gasteiger partial charge on any atom is -0.479 e. The highest BCUT2D eigenvalue weighted by Gasteiger charge is 2.21. The largest absolute Gasteiger partial charge is 0.479 e. The Labute approximate surface area is 104 Å². The maximum atomic E-state index is 9.02. The third-order valence-electron chi connectivity index (χ3n) is 2.55. The van der Waals surface area contributed by atoms with Crippen molar-refractivity contribution in [3.05, 3.63) is 41.3 Å². The summed E-state index contributed by atoms with van der Waals surface area (Å²) < 4.78 is 9.82. The van der Waals surface area contributed by atoms with Crippen molar-refractivity contribution in [2.24, 2.45) is 0 Å². The Morgan fingerprint density at radius 3 is 2.61 bits per heavy atom. The molecule has 5 nitrogen and oxygen atoms in total. The topological polar surface area (TPSA) is 82.9 Å². The number of hydrogen-bond donors (Lipinski definition) is 1. The fourth-order valence-electron chi connectivity index (χ4n) is 1.60. The second-order valence-corrected chi connectivity index (χ2v) is 3.75. The van der Waals surface area contributed by atoms with Gasteiger partial charge in [-0.25, -0.2) is 0 Å². The highest BCUT2D eigenvalue weighted by atomic mass is 16.5. The van der Waals surface area contributed by atoms with Crippen molar-refractivity contribution in [1.29, 1.82) is 10.7 Å². The van der Waals surface area contributed by atoms with Crippen LogP contribution in [-0.2, 0) is 4.74 Å². The maximum Gasteiger partial charge on any atom is 0.253 e. The van der Waals surface area contributed by atoms with Crippen LogP contribution < -0.4 is 0 Å². The molecule has 0 radical (unpaired) electrons. The smallest absolute Gasteiger partial charge is 0.253 e. The van der Waals surface area contributed by atoms with E-state index in [-0.39, 0.29) is 17.4 Å². The van der Waals surface area contributed by atoms with E-state index in [2.05, 4.69) is 5.16 Å². The fourth-order valence-corrected chi connectivity index (χ4v) is 1.60. The highest BCUT2D eigenvalue weighted by molar-refractivity contribution is 5.97. The van der Waals surface area contributed by atoms with Crippen molar-refractivity contribution in [3.63, 3.8) is 0 Å². The normalized spacial score (nSPS) is 9.83. The lowest BCUT2D eigenvalue weighted by atomic mass is 10.0. The van der Waals surface area contributed by atoms with Gasteiger partial charge in [-0.3, -0.25) is 5.41 Å². The van der Waals surface area contributed by atoms with E-state index in [1.807, 2.05) is 37.3 Å². The zero-order valence-electron chi connectivity index (χ0n) is 10.0. The number of ether oxygens (including phenoxy) is 1. The molecule has 1 N–H and O–H groups in total. The number of hydrogen-bond acceptors (Lipinski definition) is 5. The van der Waals surface area contributed by atoms with Crippen LogP contribution in [-0.4, -0.2) is 18.2 Å². The summed E-state index contributed by atoms with van der Waals surface area (Å²) in [6, 6.07) is 9.50. The van der Waals surface area contributed by atoms with Crippen molar-refractivity contribution in [2.45, 2.75) is 6.92 Å². The summed E-state index contributed by atoms with van der Waals surface area (Å²) in [6.07, 6.45) is 0. The molecule has 1 aromatic carbocycles. The summed E-state index contributed by atoms with van der Waals surface area (Å²) in [5.74, 6) is 0.0116. The number of nitrogens with one attached hydrogen (secondary N) is 1. The van der Waals surface area contributed by atoms with Gasteiger partial charge < -0.3 is 9.26 Å². The molecule has 90 valence electrons. The van der Waals surface area contributed by atoms with Crippen molar-refractivity contribution >= 4 is 5.90 Å². The van der Waals surface area contributed by atoms with E-state index >= 15 is 0 Å². The lowest BCUT2D eigenvalue weighted by Crippen LogP contribution is -2.01. The molecule has 0 atom stereocenters. The van der Waals surface area contributed by atoms with Crippen molar-refractivity contribution in [1.82, 2.24) is 5.16 Å². The molecule has 18 heavy (non-hydrogen) atoms. The van der Waals surface area contributed by atoms with Crippen LogP contribution in [0.4, 0.5) is 0 Å². The Bertz CT molecular complexity index is 621. The van der Waals surface area contributed by atoms with Crippen LogP contribution in [0.3, 0.4) is 0 Å². The van der Waals surface area contributed by atoms with Gasteiger partial charge in [0.15, 0.2) is 5.69 Å². The second-order valence-electron chi connectivity index (χ2n) is 3.75. The molecule has 0 fully saturated rings. The van der Waals surface area contributed by atoms with Gasteiger partial charge in [0.2, 0.25) is 5.76 Å². The Hall–Kier alpha value is -2.61. The Morgan fingerprint density at radius 1 is 1.39 bits per heavy atom. The van der Waals surface area contributed by atoms with Crippen LogP contribution in [0.2, 0.25) is 0 Å². The van der Waals surface area contributed by atoms with Gasteiger partial charge in [0.1, 0.15) is 6.07 Å². The van der Waals surface area contributed by atoms with Crippen LogP contribution in [0.1, 0.15) is 17.0 Å². The third-order valence-corrected chi connectivity index (χ3v) is 2.55. The van der Waals surface area contributed by atoms with Crippen LogP contribution in [0, 0.1) is 23.7 Å². The monoisotopic (exact) mass is 241 g/mol. The number of nitriles is 1. The van der Waals surface area contributed by atoms with E-state index in [0.717, 1.165) is 11.1 Å².